The normalized spacial score (nSPS) is 11.9. The number of ether oxygens (including phenoxy) is 2. The molecule has 0 aliphatic carbocycles. The summed E-state index contributed by atoms with van der Waals surface area (Å²) >= 11 is 0. The van der Waals surface area contributed by atoms with Gasteiger partial charge in [-0.2, -0.15) is 8.42 Å². The number of carbonyl (C=O) groups is 1. The van der Waals surface area contributed by atoms with Crippen LogP contribution >= 0.6 is 0 Å². The number of carbonyl (C=O) groups excluding carboxylic acids is 1. The molecule has 1 N–H and O–H groups in total. The van der Waals surface area contributed by atoms with Gasteiger partial charge in [0.05, 0.1) is 7.11 Å². The Morgan fingerprint density at radius 1 is 1.33 bits per heavy atom. The maximum absolute atomic E-state index is 12.7. The molecule has 0 aliphatic heterocycles. The predicted molar refractivity (Wildman–Crippen MR) is 76.6 cm³/mol. The van der Waals surface area contributed by atoms with Gasteiger partial charge in [0.2, 0.25) is 0 Å². The van der Waals surface area contributed by atoms with Crippen molar-refractivity contribution in [3.63, 3.8) is 0 Å². The highest BCUT2D eigenvalue weighted by molar-refractivity contribution is 7.85. The minimum atomic E-state index is -4.66. The van der Waals surface area contributed by atoms with E-state index in [0.717, 1.165) is 0 Å². The molecule has 1 aromatic rings. The maximum atomic E-state index is 12.7. The van der Waals surface area contributed by atoms with Crippen LogP contribution in [0.2, 0.25) is 0 Å². The lowest BCUT2D eigenvalue weighted by Gasteiger charge is -2.20. The molecule has 0 bridgehead atoms. The Hall–Kier alpha value is -1.83. The van der Waals surface area contributed by atoms with Gasteiger partial charge in [-0.3, -0.25) is 5.32 Å². The summed E-state index contributed by atoms with van der Waals surface area (Å²) in [5.41, 5.74) is -0.132. The Labute approximate surface area is 123 Å². The van der Waals surface area contributed by atoms with Gasteiger partial charge in [-0.1, -0.05) is 6.07 Å². The molecule has 0 saturated heterocycles. The van der Waals surface area contributed by atoms with E-state index in [1.54, 1.807) is 20.8 Å². The van der Waals surface area contributed by atoms with Crippen LogP contribution in [0.4, 0.5) is 14.4 Å². The molecule has 1 aromatic carbocycles. The number of hydrogen-bond acceptors (Lipinski definition) is 5. The summed E-state index contributed by atoms with van der Waals surface area (Å²) < 4.78 is 44.1. The molecule has 1 rings (SSSR count). The molecule has 8 heteroatoms. The maximum Gasteiger partial charge on any atom is 0.412 e. The Morgan fingerprint density at radius 3 is 2.43 bits per heavy atom. The first kappa shape index (κ1) is 17.2. The summed E-state index contributed by atoms with van der Waals surface area (Å²) in [6.07, 6.45) is -0.657. The van der Waals surface area contributed by atoms with E-state index in [1.807, 2.05) is 0 Å². The van der Waals surface area contributed by atoms with Crippen LogP contribution in [0.3, 0.4) is 0 Å². The molecule has 0 atom stereocenters. The highest BCUT2D eigenvalue weighted by Crippen LogP contribution is 2.25. The molecule has 6 nitrogen and oxygen atoms in total. The summed E-state index contributed by atoms with van der Waals surface area (Å²) in [7, 11) is -3.34. The van der Waals surface area contributed by atoms with Gasteiger partial charge < -0.3 is 9.47 Å². The number of nitrogens with one attached hydrogen (secondary N) is 1. The van der Waals surface area contributed by atoms with Crippen molar-refractivity contribution in [1.29, 1.82) is 0 Å². The molecule has 0 fully saturated rings. The Morgan fingerprint density at radius 2 is 1.95 bits per heavy atom. The van der Waals surface area contributed by atoms with Gasteiger partial charge >= 0.3 is 16.3 Å². The standard InChI is InChI=1S/C13H18FNO5S/c1-13(2,3)20-12(16)15-10-6-5-9(8-21(14,17)18)11(7-10)19-4/h5-7H,8H2,1-4H3,(H,15,16). The van der Waals surface area contributed by atoms with Gasteiger partial charge in [0.1, 0.15) is 17.1 Å². The zero-order valence-corrected chi connectivity index (χ0v) is 13.1. The van der Waals surface area contributed by atoms with Crippen LogP contribution in [0.15, 0.2) is 18.2 Å². The number of anilines is 1. The van der Waals surface area contributed by atoms with E-state index in [-0.39, 0.29) is 11.3 Å². The van der Waals surface area contributed by atoms with Gasteiger partial charge in [0.25, 0.3) is 0 Å². The molecular weight excluding hydrogens is 301 g/mol. The van der Waals surface area contributed by atoms with Gasteiger partial charge in [-0.05, 0) is 26.8 Å². The van der Waals surface area contributed by atoms with Gasteiger partial charge in [0.15, 0.2) is 0 Å². The number of halogens is 1. The monoisotopic (exact) mass is 319 g/mol. The van der Waals surface area contributed by atoms with Gasteiger partial charge in [-0.15, -0.1) is 3.89 Å². The molecule has 0 spiro atoms. The Balaban J connectivity index is 2.90. The third-order valence-electron chi connectivity index (χ3n) is 2.26. The summed E-state index contributed by atoms with van der Waals surface area (Å²) in [6.45, 7) is 5.17. The lowest BCUT2D eigenvalue weighted by Crippen LogP contribution is -2.27. The van der Waals surface area contributed by atoms with Crippen molar-refractivity contribution in [3.8, 4) is 5.75 Å². The van der Waals surface area contributed by atoms with E-state index >= 15 is 0 Å². The number of methoxy groups -OCH3 is 1. The summed E-state index contributed by atoms with van der Waals surface area (Å²) in [4.78, 5) is 11.6. The molecule has 118 valence electrons. The largest absolute Gasteiger partial charge is 0.496 e. The van der Waals surface area contributed by atoms with E-state index in [1.165, 1.54) is 25.3 Å². The fourth-order valence-electron chi connectivity index (χ4n) is 1.55. The van der Waals surface area contributed by atoms with Crippen LogP contribution in [0.1, 0.15) is 26.3 Å². The number of hydrogen-bond donors (Lipinski definition) is 1. The fourth-order valence-corrected chi connectivity index (χ4v) is 2.16. The van der Waals surface area contributed by atoms with Crippen molar-refractivity contribution in [2.45, 2.75) is 32.1 Å². The molecular formula is C13H18FNO5S. The van der Waals surface area contributed by atoms with E-state index in [2.05, 4.69) is 5.32 Å². The van der Waals surface area contributed by atoms with Crippen LogP contribution in [0, 0.1) is 0 Å². The van der Waals surface area contributed by atoms with E-state index in [4.69, 9.17) is 9.47 Å². The van der Waals surface area contributed by atoms with Crippen molar-refractivity contribution >= 4 is 22.0 Å². The summed E-state index contributed by atoms with van der Waals surface area (Å²) in [6, 6.07) is 4.19. The highest BCUT2D eigenvalue weighted by atomic mass is 32.3. The SMILES string of the molecule is COc1cc(NC(=O)OC(C)(C)C)ccc1CS(=O)(=O)F. The third-order valence-corrected chi connectivity index (χ3v) is 2.92. The first-order valence-corrected chi connectivity index (χ1v) is 7.65. The number of amides is 1. The first-order chi connectivity index (χ1) is 9.50. The van der Waals surface area contributed by atoms with Crippen molar-refractivity contribution in [2.24, 2.45) is 0 Å². The lowest BCUT2D eigenvalue weighted by molar-refractivity contribution is 0.0636. The van der Waals surface area contributed by atoms with Crippen molar-refractivity contribution in [2.75, 3.05) is 12.4 Å². The zero-order chi connectivity index (χ0) is 16.3. The summed E-state index contributed by atoms with van der Waals surface area (Å²) in [5, 5.41) is 2.48. The van der Waals surface area contributed by atoms with E-state index < -0.39 is 27.7 Å². The minimum absolute atomic E-state index is 0.157. The van der Waals surface area contributed by atoms with Crippen LogP contribution in [-0.2, 0) is 20.7 Å². The van der Waals surface area contributed by atoms with Crippen LogP contribution < -0.4 is 10.1 Å². The third kappa shape index (κ3) is 6.44. The second-order valence-electron chi connectivity index (χ2n) is 5.34. The molecule has 21 heavy (non-hydrogen) atoms. The van der Waals surface area contributed by atoms with Crippen LogP contribution in [-0.4, -0.2) is 27.2 Å². The van der Waals surface area contributed by atoms with Crippen molar-refractivity contribution in [3.05, 3.63) is 23.8 Å². The van der Waals surface area contributed by atoms with Crippen molar-refractivity contribution < 1.29 is 26.6 Å². The second-order valence-corrected chi connectivity index (χ2v) is 6.70. The molecule has 0 radical (unpaired) electrons. The molecule has 0 aliphatic rings. The van der Waals surface area contributed by atoms with Crippen molar-refractivity contribution in [1.82, 2.24) is 0 Å². The highest BCUT2D eigenvalue weighted by Gasteiger charge is 2.18. The number of benzene rings is 1. The molecule has 0 saturated carbocycles. The fraction of sp³-hybridized carbons (Fsp3) is 0.462. The molecule has 0 aromatic heterocycles. The second kappa shape index (κ2) is 6.30. The summed E-state index contributed by atoms with van der Waals surface area (Å²) in [5.74, 6) is -0.632. The average molecular weight is 319 g/mol. The van der Waals surface area contributed by atoms with Gasteiger partial charge in [-0.25, -0.2) is 4.79 Å². The van der Waals surface area contributed by atoms with Crippen LogP contribution in [0.5, 0.6) is 5.75 Å². The number of rotatable bonds is 4. The predicted octanol–water partition coefficient (Wildman–Crippen LogP) is 2.84. The first-order valence-electron chi connectivity index (χ1n) is 6.09. The molecule has 0 unspecified atom stereocenters. The van der Waals surface area contributed by atoms with Gasteiger partial charge in [0, 0.05) is 17.3 Å². The smallest absolute Gasteiger partial charge is 0.412 e. The minimum Gasteiger partial charge on any atom is -0.496 e. The zero-order valence-electron chi connectivity index (χ0n) is 12.3. The molecule has 0 heterocycles. The Bertz CT molecular complexity index is 622. The Kier molecular flexibility index (Phi) is 5.16. The quantitative estimate of drug-likeness (QED) is 0.863. The average Bonchev–Trinajstić information content (AvgIpc) is 2.26. The van der Waals surface area contributed by atoms with E-state index in [0.29, 0.717) is 5.69 Å². The van der Waals surface area contributed by atoms with E-state index in [9.17, 15) is 17.1 Å². The lowest BCUT2D eigenvalue weighted by atomic mass is 10.2. The molecule has 1 amide bonds. The topological polar surface area (TPSA) is 81.7 Å². The van der Waals surface area contributed by atoms with Crippen LogP contribution in [0.25, 0.3) is 0 Å².